The molecule has 0 saturated heterocycles. The SMILES string of the molecule is NCCCCCCN(C=O)C1=C/C=C\C=C/C=C\1. The highest BCUT2D eigenvalue weighted by Crippen LogP contribution is 2.09. The average molecular weight is 246 g/mol. The van der Waals surface area contributed by atoms with Crippen molar-refractivity contribution in [1.29, 1.82) is 0 Å². The van der Waals surface area contributed by atoms with Gasteiger partial charge in [-0.3, -0.25) is 4.79 Å². The lowest BCUT2D eigenvalue weighted by Crippen LogP contribution is -2.21. The second-order valence-corrected chi connectivity index (χ2v) is 4.22. The highest BCUT2D eigenvalue weighted by atomic mass is 16.1. The molecule has 0 atom stereocenters. The van der Waals surface area contributed by atoms with E-state index in [4.69, 9.17) is 5.73 Å². The fraction of sp³-hybridized carbons (Fsp3) is 0.400. The number of nitrogens with zero attached hydrogens (tertiary/aromatic N) is 1. The van der Waals surface area contributed by atoms with Gasteiger partial charge >= 0.3 is 0 Å². The van der Waals surface area contributed by atoms with Gasteiger partial charge in [-0.05, 0) is 31.5 Å². The number of nitrogens with two attached hydrogens (primary N) is 1. The number of amides is 1. The molecule has 0 spiro atoms. The highest BCUT2D eigenvalue weighted by Gasteiger charge is 2.04. The maximum Gasteiger partial charge on any atom is 0.214 e. The summed E-state index contributed by atoms with van der Waals surface area (Å²) in [6.45, 7) is 1.52. The van der Waals surface area contributed by atoms with Crippen molar-refractivity contribution < 1.29 is 4.79 Å². The zero-order chi connectivity index (χ0) is 13.1. The Labute approximate surface area is 109 Å². The van der Waals surface area contributed by atoms with Gasteiger partial charge in [0.05, 0.1) is 0 Å². The van der Waals surface area contributed by atoms with Gasteiger partial charge in [0.1, 0.15) is 0 Å². The van der Waals surface area contributed by atoms with Crippen LogP contribution >= 0.6 is 0 Å². The molecule has 0 aliphatic heterocycles. The van der Waals surface area contributed by atoms with Crippen molar-refractivity contribution in [2.45, 2.75) is 25.7 Å². The fourth-order valence-corrected chi connectivity index (χ4v) is 1.77. The third-order valence-corrected chi connectivity index (χ3v) is 2.79. The van der Waals surface area contributed by atoms with Crippen LogP contribution in [0, 0.1) is 0 Å². The molecule has 0 bridgehead atoms. The molecule has 2 N–H and O–H groups in total. The van der Waals surface area contributed by atoms with Crippen molar-refractivity contribution in [1.82, 2.24) is 4.90 Å². The van der Waals surface area contributed by atoms with E-state index in [0.29, 0.717) is 0 Å². The van der Waals surface area contributed by atoms with E-state index in [9.17, 15) is 4.79 Å². The number of carbonyl (C=O) groups is 1. The molecule has 0 fully saturated rings. The van der Waals surface area contributed by atoms with Gasteiger partial charge in [0.15, 0.2) is 0 Å². The van der Waals surface area contributed by atoms with Crippen LogP contribution in [0.25, 0.3) is 0 Å². The van der Waals surface area contributed by atoms with E-state index in [0.717, 1.165) is 50.9 Å². The van der Waals surface area contributed by atoms with E-state index < -0.39 is 0 Å². The lowest BCUT2D eigenvalue weighted by Gasteiger charge is -2.18. The first-order valence-electron chi connectivity index (χ1n) is 6.52. The minimum Gasteiger partial charge on any atom is -0.330 e. The number of unbranched alkanes of at least 4 members (excludes halogenated alkanes) is 3. The first kappa shape index (κ1) is 14.5. The van der Waals surface area contributed by atoms with Crippen LogP contribution in [0.15, 0.2) is 48.2 Å². The van der Waals surface area contributed by atoms with Crippen LogP contribution in [0.3, 0.4) is 0 Å². The summed E-state index contributed by atoms with van der Waals surface area (Å²) in [5.41, 5.74) is 6.38. The van der Waals surface area contributed by atoms with Gasteiger partial charge in [-0.2, -0.15) is 0 Å². The normalized spacial score (nSPS) is 22.2. The van der Waals surface area contributed by atoms with Gasteiger partial charge in [-0.15, -0.1) is 0 Å². The van der Waals surface area contributed by atoms with Gasteiger partial charge in [0, 0.05) is 12.2 Å². The lowest BCUT2D eigenvalue weighted by molar-refractivity contribution is -0.116. The van der Waals surface area contributed by atoms with Crippen LogP contribution in [-0.4, -0.2) is 24.4 Å². The Balaban J connectivity index is 2.42. The van der Waals surface area contributed by atoms with Gasteiger partial charge in [0.2, 0.25) is 6.41 Å². The van der Waals surface area contributed by atoms with Crippen molar-refractivity contribution in [3.05, 3.63) is 48.2 Å². The number of rotatable bonds is 8. The fourth-order valence-electron chi connectivity index (χ4n) is 1.77. The van der Waals surface area contributed by atoms with Crippen LogP contribution in [-0.2, 0) is 4.79 Å². The van der Waals surface area contributed by atoms with Crippen LogP contribution in [0.4, 0.5) is 0 Å². The number of hydrogen-bond donors (Lipinski definition) is 1. The number of carbonyl (C=O) groups excluding carboxylic acids is 1. The third-order valence-electron chi connectivity index (χ3n) is 2.79. The third kappa shape index (κ3) is 5.64. The zero-order valence-corrected chi connectivity index (χ0v) is 10.8. The molecule has 1 aliphatic rings. The van der Waals surface area contributed by atoms with E-state index >= 15 is 0 Å². The Hall–Kier alpha value is -1.61. The number of hydrogen-bond acceptors (Lipinski definition) is 2. The Bertz CT molecular complexity index is 354. The summed E-state index contributed by atoms with van der Waals surface area (Å²) in [5, 5.41) is 0. The Morgan fingerprint density at radius 3 is 2.50 bits per heavy atom. The molecule has 0 aromatic rings. The average Bonchev–Trinajstić information content (AvgIpc) is 2.35. The maximum atomic E-state index is 11.1. The summed E-state index contributed by atoms with van der Waals surface area (Å²) >= 11 is 0. The molecule has 3 heteroatoms. The van der Waals surface area contributed by atoms with E-state index in [2.05, 4.69) is 0 Å². The van der Waals surface area contributed by atoms with Crippen molar-refractivity contribution in [3.63, 3.8) is 0 Å². The lowest BCUT2D eigenvalue weighted by atomic mass is 10.2. The molecular formula is C15H22N2O. The smallest absolute Gasteiger partial charge is 0.214 e. The topological polar surface area (TPSA) is 46.3 Å². The zero-order valence-electron chi connectivity index (χ0n) is 10.8. The summed E-state index contributed by atoms with van der Waals surface area (Å²) in [6.07, 6.45) is 18.9. The van der Waals surface area contributed by atoms with E-state index in [1.807, 2.05) is 42.5 Å². The Morgan fingerprint density at radius 1 is 1.00 bits per heavy atom. The first-order chi connectivity index (χ1) is 8.88. The van der Waals surface area contributed by atoms with Gasteiger partial charge in [0.25, 0.3) is 0 Å². The van der Waals surface area contributed by atoms with Crippen molar-refractivity contribution in [2.24, 2.45) is 5.73 Å². The molecule has 0 heterocycles. The molecule has 0 unspecified atom stereocenters. The molecule has 1 amide bonds. The molecule has 0 radical (unpaired) electrons. The molecule has 18 heavy (non-hydrogen) atoms. The quantitative estimate of drug-likeness (QED) is 0.528. The minimum atomic E-state index is 0.752. The molecule has 1 aliphatic carbocycles. The predicted octanol–water partition coefficient (Wildman–Crippen LogP) is 2.53. The Kier molecular flexibility index (Phi) is 7.57. The predicted molar refractivity (Wildman–Crippen MR) is 75.8 cm³/mol. The van der Waals surface area contributed by atoms with E-state index in [1.165, 1.54) is 0 Å². The van der Waals surface area contributed by atoms with E-state index in [-0.39, 0.29) is 0 Å². The summed E-state index contributed by atoms with van der Waals surface area (Å²) < 4.78 is 0. The molecule has 1 rings (SSSR count). The summed E-state index contributed by atoms with van der Waals surface area (Å²) in [4.78, 5) is 12.9. The number of allylic oxidation sites excluding steroid dienone is 7. The first-order valence-corrected chi connectivity index (χ1v) is 6.52. The molecule has 0 saturated carbocycles. The van der Waals surface area contributed by atoms with Crippen LogP contribution < -0.4 is 5.73 Å². The summed E-state index contributed by atoms with van der Waals surface area (Å²) in [6, 6.07) is 0. The van der Waals surface area contributed by atoms with Crippen molar-refractivity contribution in [3.8, 4) is 0 Å². The standard InChI is InChI=1S/C15H22N2O/c16-12-8-4-5-9-13-17(14-18)15-10-6-2-1-3-7-11-15/h1-3,6-7,10-11,14H,4-5,8-9,12-13,16H2/b2-1-,3-1?,6-2?,7-3-,10-6-,11-7?,15-10?,15-11+. The monoisotopic (exact) mass is 246 g/mol. The minimum absolute atomic E-state index is 0.752. The molecule has 0 aromatic heterocycles. The highest BCUT2D eigenvalue weighted by molar-refractivity contribution is 5.53. The van der Waals surface area contributed by atoms with Crippen LogP contribution in [0.1, 0.15) is 25.7 Å². The van der Waals surface area contributed by atoms with Crippen molar-refractivity contribution in [2.75, 3.05) is 13.1 Å². The molecule has 0 aromatic carbocycles. The largest absolute Gasteiger partial charge is 0.330 e. The molecule has 98 valence electrons. The van der Waals surface area contributed by atoms with Crippen LogP contribution in [0.2, 0.25) is 0 Å². The summed E-state index contributed by atoms with van der Waals surface area (Å²) in [5.74, 6) is 0. The van der Waals surface area contributed by atoms with Gasteiger partial charge in [-0.1, -0.05) is 43.2 Å². The van der Waals surface area contributed by atoms with Gasteiger partial charge < -0.3 is 10.6 Å². The summed E-state index contributed by atoms with van der Waals surface area (Å²) in [7, 11) is 0. The molecular weight excluding hydrogens is 224 g/mol. The Morgan fingerprint density at radius 2 is 1.72 bits per heavy atom. The second-order valence-electron chi connectivity index (χ2n) is 4.22. The molecule has 3 nitrogen and oxygen atoms in total. The van der Waals surface area contributed by atoms with E-state index in [1.54, 1.807) is 4.90 Å². The second kappa shape index (κ2) is 9.42. The van der Waals surface area contributed by atoms with Crippen LogP contribution in [0.5, 0.6) is 0 Å². The van der Waals surface area contributed by atoms with Crippen molar-refractivity contribution >= 4 is 6.41 Å². The van der Waals surface area contributed by atoms with Gasteiger partial charge in [-0.25, -0.2) is 0 Å². The maximum absolute atomic E-state index is 11.1.